The lowest BCUT2D eigenvalue weighted by Gasteiger charge is -2.06. The molecule has 21 heavy (non-hydrogen) atoms. The smallest absolute Gasteiger partial charge is 0.153 e. The van der Waals surface area contributed by atoms with Gasteiger partial charge in [0.15, 0.2) is 6.29 Å². The highest BCUT2D eigenvalue weighted by Crippen LogP contribution is 2.34. The van der Waals surface area contributed by atoms with Gasteiger partial charge in [0.1, 0.15) is 5.69 Å². The van der Waals surface area contributed by atoms with Crippen LogP contribution in [0.5, 0.6) is 0 Å². The van der Waals surface area contributed by atoms with E-state index in [4.69, 9.17) is 0 Å². The summed E-state index contributed by atoms with van der Waals surface area (Å²) in [6.07, 6.45) is 2.64. The van der Waals surface area contributed by atoms with Crippen LogP contribution < -0.4 is 0 Å². The lowest BCUT2D eigenvalue weighted by Crippen LogP contribution is -1.98. The number of nitrogens with zero attached hydrogens (tertiary/aromatic N) is 2. The summed E-state index contributed by atoms with van der Waals surface area (Å²) in [5.74, 6) is 0. The summed E-state index contributed by atoms with van der Waals surface area (Å²) in [4.78, 5) is 12.3. The predicted molar refractivity (Wildman–Crippen MR) is 89.4 cm³/mol. The van der Waals surface area contributed by atoms with Crippen LogP contribution in [0.3, 0.4) is 0 Å². The number of benzene rings is 1. The van der Waals surface area contributed by atoms with Gasteiger partial charge in [0, 0.05) is 10.7 Å². The topological polar surface area (TPSA) is 34.9 Å². The lowest BCUT2D eigenvalue weighted by atomic mass is 10.1. The average Bonchev–Trinajstić information content (AvgIpc) is 3.04. The van der Waals surface area contributed by atoms with Crippen molar-refractivity contribution in [2.75, 3.05) is 0 Å². The first-order chi connectivity index (χ1) is 10.1. The highest BCUT2D eigenvalue weighted by molar-refractivity contribution is 9.10. The first-order valence-electron chi connectivity index (χ1n) is 6.46. The fourth-order valence-electron chi connectivity index (χ4n) is 2.30. The highest BCUT2D eigenvalue weighted by atomic mass is 79.9. The highest BCUT2D eigenvalue weighted by Gasteiger charge is 2.16. The first-order valence-corrected chi connectivity index (χ1v) is 8.13. The second-order valence-electron chi connectivity index (χ2n) is 4.88. The summed E-state index contributed by atoms with van der Waals surface area (Å²) in [7, 11) is 0. The summed E-state index contributed by atoms with van der Waals surface area (Å²) < 4.78 is 2.74. The minimum Gasteiger partial charge on any atom is -0.298 e. The van der Waals surface area contributed by atoms with Gasteiger partial charge in [-0.05, 0) is 52.9 Å². The molecule has 0 aliphatic rings. The zero-order valence-corrected chi connectivity index (χ0v) is 14.0. The van der Waals surface area contributed by atoms with Crippen molar-refractivity contribution in [1.29, 1.82) is 0 Å². The molecule has 0 bridgehead atoms. The van der Waals surface area contributed by atoms with Gasteiger partial charge in [-0.1, -0.05) is 17.7 Å². The number of carbonyl (C=O) groups is 1. The van der Waals surface area contributed by atoms with E-state index < -0.39 is 0 Å². The van der Waals surface area contributed by atoms with Gasteiger partial charge in [0.2, 0.25) is 0 Å². The van der Waals surface area contributed by atoms with Crippen molar-refractivity contribution in [3.8, 4) is 16.3 Å². The number of thiophene rings is 1. The Hall–Kier alpha value is -1.72. The third-order valence-corrected chi connectivity index (χ3v) is 5.15. The normalized spacial score (nSPS) is 10.8. The number of hydrogen-bond acceptors (Lipinski definition) is 3. The van der Waals surface area contributed by atoms with Gasteiger partial charge in [0.05, 0.1) is 16.1 Å². The molecule has 0 atom stereocenters. The summed E-state index contributed by atoms with van der Waals surface area (Å²) in [5.41, 5.74) is 4.64. The van der Waals surface area contributed by atoms with Crippen molar-refractivity contribution in [1.82, 2.24) is 9.78 Å². The van der Waals surface area contributed by atoms with Crippen molar-refractivity contribution < 1.29 is 4.79 Å². The molecule has 0 N–H and O–H groups in total. The quantitative estimate of drug-likeness (QED) is 0.629. The van der Waals surface area contributed by atoms with Crippen LogP contribution >= 0.6 is 27.3 Å². The molecule has 106 valence electrons. The number of hydrogen-bond donors (Lipinski definition) is 0. The van der Waals surface area contributed by atoms with Gasteiger partial charge in [-0.25, -0.2) is 4.68 Å². The third kappa shape index (κ3) is 2.59. The molecule has 3 aromatic rings. The van der Waals surface area contributed by atoms with Crippen molar-refractivity contribution in [2.24, 2.45) is 0 Å². The molecular weight excluding hydrogens is 348 g/mol. The predicted octanol–water partition coefficient (Wildman–Crippen LogP) is 4.79. The maximum absolute atomic E-state index is 11.4. The molecule has 2 aromatic heterocycles. The zero-order chi connectivity index (χ0) is 15.0. The Labute approximate surface area is 135 Å². The van der Waals surface area contributed by atoms with Crippen LogP contribution in [0.4, 0.5) is 0 Å². The molecule has 3 nitrogen and oxygen atoms in total. The lowest BCUT2D eigenvalue weighted by molar-refractivity contribution is 0.112. The molecule has 2 heterocycles. The van der Waals surface area contributed by atoms with Gasteiger partial charge in [-0.3, -0.25) is 4.79 Å². The van der Waals surface area contributed by atoms with Crippen LogP contribution in [0, 0.1) is 13.8 Å². The molecule has 0 spiro atoms. The molecule has 0 radical (unpaired) electrons. The Morgan fingerprint density at radius 3 is 2.71 bits per heavy atom. The third-order valence-electron chi connectivity index (χ3n) is 3.30. The van der Waals surface area contributed by atoms with E-state index in [0.29, 0.717) is 11.3 Å². The molecule has 0 amide bonds. The van der Waals surface area contributed by atoms with E-state index in [2.05, 4.69) is 34.0 Å². The number of rotatable bonds is 3. The Bertz CT molecular complexity index is 820. The Morgan fingerprint density at radius 2 is 2.10 bits per heavy atom. The second kappa shape index (κ2) is 5.58. The van der Waals surface area contributed by atoms with Gasteiger partial charge >= 0.3 is 0 Å². The van der Waals surface area contributed by atoms with Gasteiger partial charge in [-0.2, -0.15) is 5.10 Å². The van der Waals surface area contributed by atoms with E-state index in [1.807, 2.05) is 30.5 Å². The molecule has 5 heteroatoms. The maximum Gasteiger partial charge on any atom is 0.153 e. The minimum atomic E-state index is 0.595. The van der Waals surface area contributed by atoms with E-state index in [9.17, 15) is 4.79 Å². The molecule has 0 aliphatic carbocycles. The number of aryl methyl sites for hydroxylation is 2. The average molecular weight is 361 g/mol. The Balaban J connectivity index is 2.16. The summed E-state index contributed by atoms with van der Waals surface area (Å²) in [6.45, 7) is 4.11. The Kier molecular flexibility index (Phi) is 3.78. The van der Waals surface area contributed by atoms with Crippen molar-refractivity contribution in [3.05, 3.63) is 57.0 Å². The van der Waals surface area contributed by atoms with E-state index in [1.165, 1.54) is 5.56 Å². The van der Waals surface area contributed by atoms with Gasteiger partial charge in [0.25, 0.3) is 0 Å². The van der Waals surface area contributed by atoms with Crippen LogP contribution in [0.2, 0.25) is 0 Å². The van der Waals surface area contributed by atoms with E-state index >= 15 is 0 Å². The first kappa shape index (κ1) is 14.2. The number of halogens is 1. The SMILES string of the molecule is Cc1ccc(-n2cc(C=O)c(-c3sccc3Br)n2)c(C)c1. The van der Waals surface area contributed by atoms with Crippen molar-refractivity contribution in [3.63, 3.8) is 0 Å². The fourth-order valence-corrected chi connectivity index (χ4v) is 3.86. The molecule has 0 saturated heterocycles. The molecule has 0 fully saturated rings. The maximum atomic E-state index is 11.4. The summed E-state index contributed by atoms with van der Waals surface area (Å²) >= 11 is 5.07. The number of carbonyl (C=O) groups excluding carboxylic acids is 1. The fraction of sp³-hybridized carbons (Fsp3) is 0.125. The largest absolute Gasteiger partial charge is 0.298 e. The number of aromatic nitrogens is 2. The van der Waals surface area contributed by atoms with E-state index in [-0.39, 0.29) is 0 Å². The Morgan fingerprint density at radius 1 is 1.29 bits per heavy atom. The van der Waals surface area contributed by atoms with Crippen LogP contribution in [0.1, 0.15) is 21.5 Å². The van der Waals surface area contributed by atoms with Crippen molar-refractivity contribution in [2.45, 2.75) is 13.8 Å². The van der Waals surface area contributed by atoms with Gasteiger partial charge < -0.3 is 0 Å². The van der Waals surface area contributed by atoms with E-state index in [0.717, 1.165) is 26.9 Å². The van der Waals surface area contributed by atoms with Crippen LogP contribution in [-0.2, 0) is 0 Å². The minimum absolute atomic E-state index is 0.595. The molecule has 0 aliphatic heterocycles. The molecule has 0 unspecified atom stereocenters. The monoisotopic (exact) mass is 360 g/mol. The molecule has 0 saturated carbocycles. The molecule has 3 rings (SSSR count). The summed E-state index contributed by atoms with van der Waals surface area (Å²) in [6, 6.07) is 8.15. The standard InChI is InChI=1S/C16H13BrN2OS/c1-10-3-4-14(11(2)7-10)19-8-12(9-20)15(18-19)16-13(17)5-6-21-16/h3-9H,1-2H3. The van der Waals surface area contributed by atoms with Crippen molar-refractivity contribution >= 4 is 33.6 Å². The van der Waals surface area contributed by atoms with Crippen LogP contribution in [0.15, 0.2) is 40.3 Å². The zero-order valence-electron chi connectivity index (χ0n) is 11.6. The van der Waals surface area contributed by atoms with Crippen LogP contribution in [0.25, 0.3) is 16.3 Å². The molecule has 1 aromatic carbocycles. The second-order valence-corrected chi connectivity index (χ2v) is 6.65. The van der Waals surface area contributed by atoms with Gasteiger partial charge in [-0.15, -0.1) is 11.3 Å². The number of aldehydes is 1. The van der Waals surface area contributed by atoms with E-state index in [1.54, 1.807) is 22.2 Å². The molecular formula is C16H13BrN2OS. The van der Waals surface area contributed by atoms with Crippen LogP contribution in [-0.4, -0.2) is 16.1 Å². The summed E-state index contributed by atoms with van der Waals surface area (Å²) in [5, 5.41) is 6.59.